The fourth-order valence-electron chi connectivity index (χ4n) is 1.61. The second kappa shape index (κ2) is 4.84. The average Bonchev–Trinajstić information content (AvgIpc) is 2.29. The first kappa shape index (κ1) is 10.7. The summed E-state index contributed by atoms with van der Waals surface area (Å²) < 4.78 is 5.75. The van der Waals surface area contributed by atoms with Gasteiger partial charge in [-0.15, -0.1) is 0 Å². The molecule has 1 heteroatoms. The van der Waals surface area contributed by atoms with Crippen molar-refractivity contribution in [3.05, 3.63) is 72.1 Å². The van der Waals surface area contributed by atoms with Gasteiger partial charge in [-0.2, -0.15) is 0 Å². The lowest BCUT2D eigenvalue weighted by Gasteiger charge is -2.09. The van der Waals surface area contributed by atoms with E-state index in [-0.39, 0.29) is 0 Å². The molecule has 0 aliphatic rings. The van der Waals surface area contributed by atoms with E-state index in [4.69, 9.17) is 4.74 Å². The van der Waals surface area contributed by atoms with Crippen LogP contribution in [0.25, 0.3) is 0 Å². The van der Waals surface area contributed by atoms with Crippen molar-refractivity contribution in [1.29, 1.82) is 0 Å². The standard InChI is InChI=1S/C15H15O/c1-12-8-9-15(13(2)10-12)16-11-14-6-4-3-5-7-14/h3-10H,1,11H2,2H3. The Hall–Kier alpha value is -1.76. The maximum absolute atomic E-state index is 5.75. The molecule has 1 radical (unpaired) electrons. The molecule has 0 aromatic heterocycles. The summed E-state index contributed by atoms with van der Waals surface area (Å²) in [6, 6.07) is 16.1. The van der Waals surface area contributed by atoms with Gasteiger partial charge < -0.3 is 4.74 Å². The molecule has 0 aliphatic carbocycles. The van der Waals surface area contributed by atoms with Crippen molar-refractivity contribution in [3.63, 3.8) is 0 Å². The topological polar surface area (TPSA) is 9.23 Å². The molecule has 1 nitrogen and oxygen atoms in total. The fraction of sp³-hybridized carbons (Fsp3) is 0.133. The van der Waals surface area contributed by atoms with Crippen LogP contribution in [0.1, 0.15) is 16.7 Å². The number of hydrogen-bond acceptors (Lipinski definition) is 1. The van der Waals surface area contributed by atoms with Crippen LogP contribution in [0.5, 0.6) is 5.75 Å². The third-order valence-corrected chi connectivity index (χ3v) is 2.48. The minimum Gasteiger partial charge on any atom is -0.489 e. The summed E-state index contributed by atoms with van der Waals surface area (Å²) in [5, 5.41) is 0. The molecule has 16 heavy (non-hydrogen) atoms. The predicted molar refractivity (Wildman–Crippen MR) is 66.4 cm³/mol. The zero-order valence-corrected chi connectivity index (χ0v) is 9.44. The Morgan fingerprint density at radius 3 is 2.50 bits per heavy atom. The van der Waals surface area contributed by atoms with E-state index in [0.29, 0.717) is 6.61 Å². The van der Waals surface area contributed by atoms with E-state index < -0.39 is 0 Å². The summed E-state index contributed by atoms with van der Waals surface area (Å²) in [6.07, 6.45) is 0. The van der Waals surface area contributed by atoms with Crippen LogP contribution in [0.2, 0.25) is 0 Å². The lowest BCUT2D eigenvalue weighted by molar-refractivity contribution is 0.304. The molecule has 0 saturated carbocycles. The predicted octanol–water partition coefficient (Wildman–Crippen LogP) is 3.76. The lowest BCUT2D eigenvalue weighted by Crippen LogP contribution is -1.96. The Kier molecular flexibility index (Phi) is 3.25. The van der Waals surface area contributed by atoms with Gasteiger partial charge in [0.2, 0.25) is 0 Å². The Labute approximate surface area is 96.7 Å². The van der Waals surface area contributed by atoms with Crippen LogP contribution in [0.4, 0.5) is 0 Å². The smallest absolute Gasteiger partial charge is 0.122 e. The Morgan fingerprint density at radius 2 is 1.81 bits per heavy atom. The van der Waals surface area contributed by atoms with E-state index in [2.05, 4.69) is 19.1 Å². The van der Waals surface area contributed by atoms with Crippen LogP contribution in [0.3, 0.4) is 0 Å². The van der Waals surface area contributed by atoms with Gasteiger partial charge in [0, 0.05) is 0 Å². The second-order valence-electron chi connectivity index (χ2n) is 3.87. The van der Waals surface area contributed by atoms with Crippen molar-refractivity contribution >= 4 is 0 Å². The molecular weight excluding hydrogens is 196 g/mol. The van der Waals surface area contributed by atoms with E-state index in [0.717, 1.165) is 16.9 Å². The van der Waals surface area contributed by atoms with Crippen LogP contribution in [-0.2, 0) is 6.61 Å². The molecular formula is C15H15O. The van der Waals surface area contributed by atoms with Gasteiger partial charge in [0.25, 0.3) is 0 Å². The lowest BCUT2D eigenvalue weighted by atomic mass is 10.1. The summed E-state index contributed by atoms with van der Waals surface area (Å²) in [7, 11) is 0. The first-order valence-electron chi connectivity index (χ1n) is 5.35. The highest BCUT2D eigenvalue weighted by atomic mass is 16.5. The molecule has 0 N–H and O–H groups in total. The van der Waals surface area contributed by atoms with Crippen molar-refractivity contribution in [2.24, 2.45) is 0 Å². The first-order valence-corrected chi connectivity index (χ1v) is 5.35. The van der Waals surface area contributed by atoms with E-state index in [1.54, 1.807) is 0 Å². The number of ether oxygens (including phenoxy) is 1. The SMILES string of the molecule is [CH2]c1ccc(OCc2ccccc2)c(C)c1. The van der Waals surface area contributed by atoms with Crippen molar-refractivity contribution in [2.75, 3.05) is 0 Å². The molecule has 2 aromatic carbocycles. The molecule has 0 atom stereocenters. The van der Waals surface area contributed by atoms with Crippen molar-refractivity contribution < 1.29 is 4.74 Å². The molecule has 0 spiro atoms. The van der Waals surface area contributed by atoms with Crippen LogP contribution in [0, 0.1) is 13.8 Å². The summed E-state index contributed by atoms with van der Waals surface area (Å²) in [5.41, 5.74) is 3.33. The van der Waals surface area contributed by atoms with Gasteiger partial charge in [-0.05, 0) is 36.6 Å². The third-order valence-electron chi connectivity index (χ3n) is 2.48. The van der Waals surface area contributed by atoms with Gasteiger partial charge in [0.1, 0.15) is 12.4 Å². The first-order chi connectivity index (χ1) is 7.75. The van der Waals surface area contributed by atoms with Gasteiger partial charge in [0.15, 0.2) is 0 Å². The maximum atomic E-state index is 5.75. The zero-order valence-electron chi connectivity index (χ0n) is 9.44. The molecule has 0 amide bonds. The van der Waals surface area contributed by atoms with Crippen LogP contribution in [-0.4, -0.2) is 0 Å². The van der Waals surface area contributed by atoms with Gasteiger partial charge in [0.05, 0.1) is 0 Å². The van der Waals surface area contributed by atoms with Gasteiger partial charge >= 0.3 is 0 Å². The number of hydrogen-bond donors (Lipinski definition) is 0. The van der Waals surface area contributed by atoms with Gasteiger partial charge in [-0.3, -0.25) is 0 Å². The number of rotatable bonds is 3. The van der Waals surface area contributed by atoms with Crippen molar-refractivity contribution in [3.8, 4) is 5.75 Å². The van der Waals surface area contributed by atoms with Crippen molar-refractivity contribution in [1.82, 2.24) is 0 Å². The maximum Gasteiger partial charge on any atom is 0.122 e. The molecule has 0 aliphatic heterocycles. The van der Waals surface area contributed by atoms with E-state index in [1.807, 2.05) is 43.3 Å². The van der Waals surface area contributed by atoms with Gasteiger partial charge in [-0.1, -0.05) is 42.5 Å². The summed E-state index contributed by atoms with van der Waals surface area (Å²) in [6.45, 7) is 6.53. The Balaban J connectivity index is 2.05. The Morgan fingerprint density at radius 1 is 1.06 bits per heavy atom. The number of aryl methyl sites for hydroxylation is 1. The van der Waals surface area contributed by atoms with E-state index in [1.165, 1.54) is 5.56 Å². The fourth-order valence-corrected chi connectivity index (χ4v) is 1.61. The number of benzene rings is 2. The summed E-state index contributed by atoms with van der Waals surface area (Å²) in [4.78, 5) is 0. The van der Waals surface area contributed by atoms with Crippen LogP contribution in [0.15, 0.2) is 48.5 Å². The molecule has 2 rings (SSSR count). The molecule has 2 aromatic rings. The highest BCUT2D eigenvalue weighted by Gasteiger charge is 1.99. The molecule has 0 bridgehead atoms. The minimum absolute atomic E-state index is 0.609. The van der Waals surface area contributed by atoms with Gasteiger partial charge in [-0.25, -0.2) is 0 Å². The normalized spacial score (nSPS) is 10.1. The quantitative estimate of drug-likeness (QED) is 0.751. The minimum atomic E-state index is 0.609. The summed E-state index contributed by atoms with van der Waals surface area (Å²) >= 11 is 0. The third kappa shape index (κ3) is 2.63. The van der Waals surface area contributed by atoms with Crippen LogP contribution < -0.4 is 4.74 Å². The zero-order chi connectivity index (χ0) is 11.4. The second-order valence-corrected chi connectivity index (χ2v) is 3.87. The highest BCUT2D eigenvalue weighted by Crippen LogP contribution is 2.19. The molecule has 0 fully saturated rings. The summed E-state index contributed by atoms with van der Waals surface area (Å²) in [5.74, 6) is 0.927. The van der Waals surface area contributed by atoms with E-state index in [9.17, 15) is 0 Å². The van der Waals surface area contributed by atoms with Crippen LogP contribution >= 0.6 is 0 Å². The molecule has 81 valence electrons. The molecule has 0 unspecified atom stereocenters. The Bertz CT molecular complexity index is 460. The van der Waals surface area contributed by atoms with E-state index >= 15 is 0 Å². The highest BCUT2D eigenvalue weighted by molar-refractivity contribution is 5.37. The largest absolute Gasteiger partial charge is 0.489 e. The van der Waals surface area contributed by atoms with Crippen molar-refractivity contribution in [2.45, 2.75) is 13.5 Å². The average molecular weight is 211 g/mol. The molecule has 0 saturated heterocycles. The molecule has 0 heterocycles. The monoisotopic (exact) mass is 211 g/mol.